The number of benzene rings is 1. The number of para-hydroxylation sites is 1. The maximum absolute atomic E-state index is 9.51. The first-order valence-electron chi connectivity index (χ1n) is 6.76. The van der Waals surface area contributed by atoms with E-state index in [0.29, 0.717) is 6.42 Å². The van der Waals surface area contributed by atoms with E-state index in [-0.39, 0.29) is 12.2 Å². The van der Waals surface area contributed by atoms with Crippen LogP contribution in [0.5, 0.6) is 5.75 Å². The molecule has 0 aliphatic carbocycles. The van der Waals surface area contributed by atoms with Crippen LogP contribution in [-0.4, -0.2) is 42.4 Å². The minimum Gasteiger partial charge on any atom is -0.489 e. The Balaban J connectivity index is 2.03. The summed E-state index contributed by atoms with van der Waals surface area (Å²) < 4.78 is 6.10. The molecule has 0 aromatic heterocycles. The maximum atomic E-state index is 9.51. The molecule has 1 N–H and O–H groups in total. The summed E-state index contributed by atoms with van der Waals surface area (Å²) in [6.45, 7) is 3.96. The van der Waals surface area contributed by atoms with Crippen molar-refractivity contribution in [1.82, 2.24) is 4.90 Å². The Morgan fingerprint density at radius 2 is 2.22 bits per heavy atom. The normalized spacial score (nSPS) is 22.7. The van der Waals surface area contributed by atoms with E-state index in [9.17, 15) is 5.11 Å². The summed E-state index contributed by atoms with van der Waals surface area (Å²) in [6.07, 6.45) is 2.91. The Hall–Kier alpha value is -1.06. The Morgan fingerprint density at radius 3 is 2.94 bits per heavy atom. The lowest BCUT2D eigenvalue weighted by atomic mass is 10.1. The van der Waals surface area contributed by atoms with Gasteiger partial charge in [0.05, 0.1) is 6.10 Å². The third-order valence-corrected chi connectivity index (χ3v) is 3.36. The van der Waals surface area contributed by atoms with E-state index in [1.54, 1.807) is 0 Å². The van der Waals surface area contributed by atoms with E-state index >= 15 is 0 Å². The lowest BCUT2D eigenvalue weighted by Gasteiger charge is -2.30. The number of rotatable bonds is 4. The summed E-state index contributed by atoms with van der Waals surface area (Å²) in [7, 11) is 2.14. The minimum atomic E-state index is -0.330. The van der Waals surface area contributed by atoms with Crippen molar-refractivity contribution in [2.45, 2.75) is 38.4 Å². The van der Waals surface area contributed by atoms with Gasteiger partial charge in [-0.2, -0.15) is 0 Å². The van der Waals surface area contributed by atoms with E-state index < -0.39 is 0 Å². The van der Waals surface area contributed by atoms with Gasteiger partial charge in [-0.25, -0.2) is 0 Å². The number of nitrogens with zero attached hydrogens (tertiary/aromatic N) is 1. The molecule has 1 aromatic carbocycles. The highest BCUT2D eigenvalue weighted by Crippen LogP contribution is 2.23. The fraction of sp³-hybridized carbons (Fsp3) is 0.600. The van der Waals surface area contributed by atoms with Gasteiger partial charge in [0.25, 0.3) is 0 Å². The molecule has 0 amide bonds. The van der Waals surface area contributed by atoms with Gasteiger partial charge in [0, 0.05) is 13.0 Å². The summed E-state index contributed by atoms with van der Waals surface area (Å²) >= 11 is 0. The minimum absolute atomic E-state index is 0.277. The van der Waals surface area contributed by atoms with Crippen molar-refractivity contribution in [3.63, 3.8) is 0 Å². The predicted octanol–water partition coefficient (Wildman–Crippen LogP) is 2.08. The van der Waals surface area contributed by atoms with Crippen LogP contribution in [0.4, 0.5) is 0 Å². The van der Waals surface area contributed by atoms with Crippen LogP contribution in [0.1, 0.15) is 25.3 Å². The standard InChI is InChI=1S/C15H23NO2/c1-12(17)10-13-6-3-4-8-15(13)18-14-7-5-9-16(2)11-14/h3-4,6,8,12,14,17H,5,7,9-11H2,1-2H3. The molecule has 3 nitrogen and oxygen atoms in total. The lowest BCUT2D eigenvalue weighted by molar-refractivity contribution is 0.102. The molecule has 1 saturated heterocycles. The van der Waals surface area contributed by atoms with Gasteiger partial charge in [0.1, 0.15) is 11.9 Å². The molecule has 1 aliphatic rings. The van der Waals surface area contributed by atoms with E-state index in [0.717, 1.165) is 30.8 Å². The van der Waals surface area contributed by atoms with Crippen LogP contribution >= 0.6 is 0 Å². The van der Waals surface area contributed by atoms with Crippen LogP contribution in [0.15, 0.2) is 24.3 Å². The van der Waals surface area contributed by atoms with Crippen LogP contribution in [0, 0.1) is 0 Å². The number of likely N-dealkylation sites (N-methyl/N-ethyl adjacent to an activating group) is 1. The Morgan fingerprint density at radius 1 is 1.44 bits per heavy atom. The molecule has 3 heteroatoms. The molecule has 0 bridgehead atoms. The van der Waals surface area contributed by atoms with Crippen LogP contribution < -0.4 is 4.74 Å². The average Bonchev–Trinajstić information content (AvgIpc) is 2.31. The zero-order valence-corrected chi connectivity index (χ0v) is 11.3. The summed E-state index contributed by atoms with van der Waals surface area (Å²) in [5.74, 6) is 0.929. The molecule has 0 spiro atoms. The molecule has 2 unspecified atom stereocenters. The number of likely N-dealkylation sites (tertiary alicyclic amines) is 1. The SMILES string of the molecule is CC(O)Cc1ccccc1OC1CCCN(C)C1. The second-order valence-electron chi connectivity index (χ2n) is 5.31. The number of ether oxygens (including phenoxy) is 1. The molecule has 1 aliphatic heterocycles. The van der Waals surface area contributed by atoms with Gasteiger partial charge in [-0.05, 0) is 45.0 Å². The summed E-state index contributed by atoms with van der Waals surface area (Å²) in [6, 6.07) is 8.03. The second-order valence-corrected chi connectivity index (χ2v) is 5.31. The molecule has 0 radical (unpaired) electrons. The van der Waals surface area contributed by atoms with E-state index in [2.05, 4.69) is 11.9 Å². The summed E-state index contributed by atoms with van der Waals surface area (Å²) in [4.78, 5) is 2.31. The Kier molecular flexibility index (Phi) is 4.61. The molecule has 18 heavy (non-hydrogen) atoms. The molecule has 1 heterocycles. The van der Waals surface area contributed by atoms with E-state index in [4.69, 9.17) is 4.74 Å². The zero-order valence-electron chi connectivity index (χ0n) is 11.3. The van der Waals surface area contributed by atoms with Crippen LogP contribution in [0.25, 0.3) is 0 Å². The molecule has 0 saturated carbocycles. The summed E-state index contributed by atoms with van der Waals surface area (Å²) in [5.41, 5.74) is 1.10. The van der Waals surface area contributed by atoms with Gasteiger partial charge in [0.15, 0.2) is 0 Å². The monoisotopic (exact) mass is 249 g/mol. The molecule has 1 fully saturated rings. The van der Waals surface area contributed by atoms with Crippen LogP contribution in [0.3, 0.4) is 0 Å². The third-order valence-electron chi connectivity index (χ3n) is 3.36. The van der Waals surface area contributed by atoms with Gasteiger partial charge >= 0.3 is 0 Å². The zero-order chi connectivity index (χ0) is 13.0. The van der Waals surface area contributed by atoms with E-state index in [1.807, 2.05) is 31.2 Å². The molecule has 2 atom stereocenters. The smallest absolute Gasteiger partial charge is 0.123 e. The lowest BCUT2D eigenvalue weighted by Crippen LogP contribution is -2.38. The number of piperidine rings is 1. The Labute approximate surface area is 109 Å². The quantitative estimate of drug-likeness (QED) is 0.887. The highest BCUT2D eigenvalue weighted by molar-refractivity contribution is 5.34. The third kappa shape index (κ3) is 3.72. The van der Waals surface area contributed by atoms with Crippen molar-refractivity contribution >= 4 is 0 Å². The second kappa shape index (κ2) is 6.21. The molecular weight excluding hydrogens is 226 g/mol. The van der Waals surface area contributed by atoms with Crippen LogP contribution in [-0.2, 0) is 6.42 Å². The van der Waals surface area contributed by atoms with E-state index in [1.165, 1.54) is 6.42 Å². The highest BCUT2D eigenvalue weighted by atomic mass is 16.5. The van der Waals surface area contributed by atoms with Crippen molar-refractivity contribution in [2.24, 2.45) is 0 Å². The van der Waals surface area contributed by atoms with Gasteiger partial charge in [0.2, 0.25) is 0 Å². The predicted molar refractivity (Wildman–Crippen MR) is 73.0 cm³/mol. The van der Waals surface area contributed by atoms with Gasteiger partial charge < -0.3 is 14.7 Å². The van der Waals surface area contributed by atoms with Crippen molar-refractivity contribution in [2.75, 3.05) is 20.1 Å². The van der Waals surface area contributed by atoms with Crippen molar-refractivity contribution in [3.05, 3.63) is 29.8 Å². The number of hydrogen-bond acceptors (Lipinski definition) is 3. The van der Waals surface area contributed by atoms with Crippen molar-refractivity contribution in [3.8, 4) is 5.75 Å². The number of aliphatic hydroxyl groups excluding tert-OH is 1. The largest absolute Gasteiger partial charge is 0.489 e. The van der Waals surface area contributed by atoms with Crippen molar-refractivity contribution in [1.29, 1.82) is 0 Å². The number of hydrogen-bond donors (Lipinski definition) is 1. The first-order chi connectivity index (χ1) is 8.65. The highest BCUT2D eigenvalue weighted by Gasteiger charge is 2.19. The molecular formula is C15H23NO2. The summed E-state index contributed by atoms with van der Waals surface area (Å²) in [5, 5.41) is 9.51. The first-order valence-corrected chi connectivity index (χ1v) is 6.76. The first kappa shape index (κ1) is 13.4. The topological polar surface area (TPSA) is 32.7 Å². The molecule has 100 valence electrons. The fourth-order valence-corrected chi connectivity index (χ4v) is 2.50. The fourth-order valence-electron chi connectivity index (χ4n) is 2.50. The maximum Gasteiger partial charge on any atom is 0.123 e. The molecule has 1 aromatic rings. The van der Waals surface area contributed by atoms with Crippen molar-refractivity contribution < 1.29 is 9.84 Å². The number of aliphatic hydroxyl groups is 1. The van der Waals surface area contributed by atoms with Crippen LogP contribution in [0.2, 0.25) is 0 Å². The molecule has 2 rings (SSSR count). The van der Waals surface area contributed by atoms with Gasteiger partial charge in [-0.1, -0.05) is 18.2 Å². The van der Waals surface area contributed by atoms with Gasteiger partial charge in [-0.3, -0.25) is 0 Å². The average molecular weight is 249 g/mol. The van der Waals surface area contributed by atoms with Gasteiger partial charge in [-0.15, -0.1) is 0 Å². The Bertz CT molecular complexity index is 379.